The SMILES string of the molecule is Cl.Cn1cnc2cc(C(=O)N[C@@H]3C4CCN(CC4)C34CC4)ccc21. The summed E-state index contributed by atoms with van der Waals surface area (Å²) in [6.07, 6.45) is 6.73. The maximum Gasteiger partial charge on any atom is 0.251 e. The predicted molar refractivity (Wildman–Crippen MR) is 95.5 cm³/mol. The highest BCUT2D eigenvalue weighted by molar-refractivity contribution is 5.97. The van der Waals surface area contributed by atoms with Gasteiger partial charge in [-0.2, -0.15) is 0 Å². The lowest BCUT2D eigenvalue weighted by Crippen LogP contribution is -2.65. The summed E-state index contributed by atoms with van der Waals surface area (Å²) in [5.41, 5.74) is 2.95. The first-order chi connectivity index (χ1) is 11.2. The number of hydrogen-bond acceptors (Lipinski definition) is 3. The molecule has 3 saturated heterocycles. The highest BCUT2D eigenvalue weighted by atomic mass is 35.5. The number of carbonyl (C=O) groups excluding carboxylic acids is 1. The molecule has 2 aromatic rings. The second kappa shape index (κ2) is 5.46. The third-order valence-electron chi connectivity index (χ3n) is 6.26. The van der Waals surface area contributed by atoms with Gasteiger partial charge in [-0.1, -0.05) is 0 Å². The Morgan fingerprint density at radius 3 is 2.75 bits per heavy atom. The summed E-state index contributed by atoms with van der Waals surface area (Å²) in [5.74, 6) is 0.715. The molecule has 4 fully saturated rings. The van der Waals surface area contributed by atoms with Crippen LogP contribution in [0.2, 0.25) is 0 Å². The summed E-state index contributed by atoms with van der Waals surface area (Å²) in [4.78, 5) is 19.8. The van der Waals surface area contributed by atoms with Gasteiger partial charge in [-0.15, -0.1) is 12.4 Å². The van der Waals surface area contributed by atoms with Crippen molar-refractivity contribution in [3.8, 4) is 0 Å². The first-order valence-corrected chi connectivity index (χ1v) is 8.64. The molecule has 24 heavy (non-hydrogen) atoms. The first-order valence-electron chi connectivity index (χ1n) is 8.64. The number of nitrogens with zero attached hydrogens (tertiary/aromatic N) is 3. The molecule has 3 aliphatic heterocycles. The molecule has 0 unspecified atom stereocenters. The number of benzene rings is 1. The molecule has 1 amide bonds. The van der Waals surface area contributed by atoms with E-state index in [1.165, 1.54) is 38.8 Å². The van der Waals surface area contributed by atoms with Crippen molar-refractivity contribution >= 4 is 29.3 Å². The molecular formula is C18H23ClN4O. The zero-order valence-electron chi connectivity index (χ0n) is 13.9. The summed E-state index contributed by atoms with van der Waals surface area (Å²) >= 11 is 0. The van der Waals surface area contributed by atoms with Crippen molar-refractivity contribution in [1.29, 1.82) is 0 Å². The molecule has 1 aromatic heterocycles. The topological polar surface area (TPSA) is 50.2 Å². The fraction of sp³-hybridized carbons (Fsp3) is 0.556. The van der Waals surface area contributed by atoms with Crippen molar-refractivity contribution in [3.63, 3.8) is 0 Å². The minimum atomic E-state index is 0. The van der Waals surface area contributed by atoms with Gasteiger partial charge in [0.25, 0.3) is 5.91 Å². The Morgan fingerprint density at radius 1 is 1.29 bits per heavy atom. The molecule has 4 aliphatic rings. The Balaban J connectivity index is 0.00000146. The summed E-state index contributed by atoms with van der Waals surface area (Å²) in [5, 5.41) is 3.38. The number of aromatic nitrogens is 2. The van der Waals surface area contributed by atoms with E-state index < -0.39 is 0 Å². The average molecular weight is 347 g/mol. The normalized spacial score (nSPS) is 29.5. The van der Waals surface area contributed by atoms with E-state index in [-0.39, 0.29) is 23.9 Å². The quantitative estimate of drug-likeness (QED) is 0.908. The van der Waals surface area contributed by atoms with E-state index in [1.54, 1.807) is 6.33 Å². The van der Waals surface area contributed by atoms with Crippen molar-refractivity contribution in [2.75, 3.05) is 13.1 Å². The van der Waals surface area contributed by atoms with E-state index in [4.69, 9.17) is 0 Å². The van der Waals surface area contributed by atoms with Gasteiger partial charge in [0.2, 0.25) is 0 Å². The van der Waals surface area contributed by atoms with Crippen LogP contribution in [-0.2, 0) is 7.05 Å². The zero-order valence-corrected chi connectivity index (χ0v) is 14.7. The summed E-state index contributed by atoms with van der Waals surface area (Å²) in [6.45, 7) is 2.44. The predicted octanol–water partition coefficient (Wildman–Crippen LogP) is 2.35. The van der Waals surface area contributed by atoms with Crippen LogP contribution < -0.4 is 5.32 Å². The Kier molecular flexibility index (Phi) is 3.62. The Labute approximate surface area is 147 Å². The molecule has 1 aromatic carbocycles. The largest absolute Gasteiger partial charge is 0.347 e. The van der Waals surface area contributed by atoms with Gasteiger partial charge in [0, 0.05) is 18.2 Å². The number of hydrogen-bond donors (Lipinski definition) is 1. The van der Waals surface area contributed by atoms with Gasteiger partial charge < -0.3 is 9.88 Å². The highest BCUT2D eigenvalue weighted by Gasteiger charge is 2.60. The monoisotopic (exact) mass is 346 g/mol. The lowest BCUT2D eigenvalue weighted by Gasteiger charge is -2.52. The highest BCUT2D eigenvalue weighted by Crippen LogP contribution is 2.53. The van der Waals surface area contributed by atoms with Crippen LogP contribution in [0.3, 0.4) is 0 Å². The molecule has 6 heteroatoms. The fourth-order valence-electron chi connectivity index (χ4n) is 4.82. The molecule has 1 aliphatic carbocycles. The second-order valence-electron chi connectivity index (χ2n) is 7.44. The standard InChI is InChI=1S/C18H22N4O.ClH/c1-21-11-19-14-10-13(2-3-15(14)21)17(23)20-16-12-4-8-22(9-5-12)18(16)6-7-18;/h2-3,10-12,16H,4-9H2,1H3,(H,20,23);1H/t16-;/m1./s1. The molecule has 0 radical (unpaired) electrons. The molecule has 1 spiro atoms. The molecule has 6 rings (SSSR count). The average Bonchev–Trinajstić information content (AvgIpc) is 3.28. The van der Waals surface area contributed by atoms with E-state index >= 15 is 0 Å². The van der Waals surface area contributed by atoms with Crippen LogP contribution in [0.4, 0.5) is 0 Å². The van der Waals surface area contributed by atoms with Crippen molar-refractivity contribution < 1.29 is 4.79 Å². The smallest absolute Gasteiger partial charge is 0.251 e. The van der Waals surface area contributed by atoms with Crippen LogP contribution in [0, 0.1) is 5.92 Å². The maximum absolute atomic E-state index is 12.8. The van der Waals surface area contributed by atoms with Crippen LogP contribution in [0.15, 0.2) is 24.5 Å². The van der Waals surface area contributed by atoms with E-state index in [0.29, 0.717) is 12.0 Å². The van der Waals surface area contributed by atoms with Gasteiger partial charge in [-0.25, -0.2) is 4.98 Å². The van der Waals surface area contributed by atoms with Crippen LogP contribution in [0.1, 0.15) is 36.0 Å². The Morgan fingerprint density at radius 2 is 2.04 bits per heavy atom. The molecular weight excluding hydrogens is 324 g/mol. The van der Waals surface area contributed by atoms with Crippen molar-refractivity contribution in [3.05, 3.63) is 30.1 Å². The summed E-state index contributed by atoms with van der Waals surface area (Å²) < 4.78 is 1.98. The molecule has 5 nitrogen and oxygen atoms in total. The maximum atomic E-state index is 12.8. The van der Waals surface area contributed by atoms with E-state index in [9.17, 15) is 4.79 Å². The molecule has 1 atom stereocenters. The number of halogens is 1. The van der Waals surface area contributed by atoms with E-state index in [1.807, 2.05) is 29.8 Å². The molecule has 1 saturated carbocycles. The number of fused-ring (bicyclic) bond motifs is 3. The van der Waals surface area contributed by atoms with Gasteiger partial charge in [0.1, 0.15) is 0 Å². The Hall–Kier alpha value is -1.59. The van der Waals surface area contributed by atoms with E-state index in [0.717, 1.165) is 16.6 Å². The van der Waals surface area contributed by atoms with Crippen molar-refractivity contribution in [2.24, 2.45) is 13.0 Å². The number of rotatable bonds is 2. The number of aryl methyl sites for hydroxylation is 1. The molecule has 128 valence electrons. The zero-order chi connectivity index (χ0) is 15.6. The van der Waals surface area contributed by atoms with Gasteiger partial charge in [0.15, 0.2) is 0 Å². The fourth-order valence-corrected chi connectivity index (χ4v) is 4.82. The lowest BCUT2D eigenvalue weighted by molar-refractivity contribution is -0.00144. The van der Waals surface area contributed by atoms with Crippen LogP contribution >= 0.6 is 12.4 Å². The minimum Gasteiger partial charge on any atom is -0.347 e. The van der Waals surface area contributed by atoms with Gasteiger partial charge >= 0.3 is 0 Å². The minimum absolute atomic E-state index is 0. The molecule has 1 N–H and O–H groups in total. The van der Waals surface area contributed by atoms with Gasteiger partial charge in [-0.3, -0.25) is 9.69 Å². The third kappa shape index (κ3) is 2.18. The van der Waals surface area contributed by atoms with Crippen molar-refractivity contribution in [1.82, 2.24) is 19.8 Å². The number of nitrogens with one attached hydrogen (secondary N) is 1. The molecule has 4 heterocycles. The molecule has 2 bridgehead atoms. The summed E-state index contributed by atoms with van der Waals surface area (Å²) in [7, 11) is 1.97. The first kappa shape index (κ1) is 15.9. The van der Waals surface area contributed by atoms with Gasteiger partial charge in [-0.05, 0) is 62.9 Å². The number of imidazole rings is 1. The third-order valence-corrected chi connectivity index (χ3v) is 6.26. The van der Waals surface area contributed by atoms with Gasteiger partial charge in [0.05, 0.1) is 23.4 Å². The van der Waals surface area contributed by atoms with E-state index in [2.05, 4.69) is 15.2 Å². The van der Waals surface area contributed by atoms with Crippen LogP contribution in [0.25, 0.3) is 11.0 Å². The summed E-state index contributed by atoms with van der Waals surface area (Å²) in [6, 6.07) is 6.14. The van der Waals surface area contributed by atoms with Crippen LogP contribution in [-0.4, -0.2) is 45.0 Å². The number of amides is 1. The van der Waals surface area contributed by atoms with Crippen LogP contribution in [0.5, 0.6) is 0 Å². The lowest BCUT2D eigenvalue weighted by atomic mass is 9.77. The van der Waals surface area contributed by atoms with Crippen molar-refractivity contribution in [2.45, 2.75) is 37.3 Å². The Bertz CT molecular complexity index is 789. The second-order valence-corrected chi connectivity index (χ2v) is 7.44. The number of piperidine rings is 3. The number of carbonyl (C=O) groups is 1.